The van der Waals surface area contributed by atoms with E-state index in [1.165, 1.54) is 11.2 Å². The molecule has 1 aliphatic rings. The van der Waals surface area contributed by atoms with E-state index in [1.54, 1.807) is 18.2 Å². The van der Waals surface area contributed by atoms with Gasteiger partial charge < -0.3 is 9.84 Å². The number of ether oxygens (including phenoxy) is 1. The highest BCUT2D eigenvalue weighted by molar-refractivity contribution is 6.31. The van der Waals surface area contributed by atoms with Crippen LogP contribution in [0, 0.1) is 0 Å². The summed E-state index contributed by atoms with van der Waals surface area (Å²) in [5.41, 5.74) is 3.24. The number of aryl methyl sites for hydroxylation is 1. The first-order chi connectivity index (χ1) is 15.2. The van der Waals surface area contributed by atoms with Crippen molar-refractivity contribution in [1.82, 2.24) is 15.0 Å². The lowest BCUT2D eigenvalue weighted by Gasteiger charge is -2.23. The molecule has 7 heteroatoms. The molecule has 1 aromatic heterocycles. The van der Waals surface area contributed by atoms with Crippen molar-refractivity contribution in [2.24, 2.45) is 0 Å². The predicted octanol–water partition coefficient (Wildman–Crippen LogP) is 5.89. The first-order valence-electron chi connectivity index (χ1n) is 11.3. The number of aromatic nitrogens is 3. The summed E-state index contributed by atoms with van der Waals surface area (Å²) in [6.07, 6.45) is 6.29. The highest BCUT2D eigenvalue weighted by Gasteiger charge is 2.24. The zero-order valence-electron chi connectivity index (χ0n) is 18.9. The fourth-order valence-electron chi connectivity index (χ4n) is 4.22. The van der Waals surface area contributed by atoms with Crippen LogP contribution in [-0.2, 0) is 21.4 Å². The Labute approximate surface area is 193 Å². The Kier molecular flexibility index (Phi) is 6.42. The van der Waals surface area contributed by atoms with Gasteiger partial charge in [-0.2, -0.15) is 0 Å². The number of carbonyl (C=O) groups is 1. The molecule has 0 amide bonds. The molecule has 6 nitrogen and oxygen atoms in total. The third-order valence-electron chi connectivity index (χ3n) is 5.98. The van der Waals surface area contributed by atoms with Gasteiger partial charge in [0.05, 0.1) is 0 Å². The minimum absolute atomic E-state index is 0.0595. The maximum atomic E-state index is 12.4. The number of fused-ring (bicyclic) bond motifs is 1. The molecule has 1 aliphatic carbocycles. The topological polar surface area (TPSA) is 77.2 Å². The highest BCUT2D eigenvalue weighted by Crippen LogP contribution is 2.36. The molecular formula is C25H30ClN3O3. The second kappa shape index (κ2) is 9.10. The number of esters is 1. The van der Waals surface area contributed by atoms with Gasteiger partial charge in [0.15, 0.2) is 0 Å². The number of benzene rings is 2. The lowest BCUT2D eigenvalue weighted by atomic mass is 9.84. The van der Waals surface area contributed by atoms with Crippen molar-refractivity contribution in [3.63, 3.8) is 0 Å². The lowest BCUT2D eigenvalue weighted by Crippen LogP contribution is -2.21. The van der Waals surface area contributed by atoms with E-state index in [9.17, 15) is 9.90 Å². The highest BCUT2D eigenvalue weighted by atomic mass is 35.5. The molecule has 0 saturated heterocycles. The number of rotatable bonds is 5. The molecule has 1 fully saturated rings. The van der Waals surface area contributed by atoms with Crippen LogP contribution in [0.5, 0.6) is 5.75 Å². The molecule has 170 valence electrons. The summed E-state index contributed by atoms with van der Waals surface area (Å²) in [6.45, 7) is 6.12. The van der Waals surface area contributed by atoms with E-state index in [0.717, 1.165) is 36.8 Å². The number of nitrogens with zero attached hydrogens (tertiary/aromatic N) is 3. The first kappa shape index (κ1) is 22.6. The molecule has 0 unspecified atom stereocenters. The fraction of sp³-hybridized carbons (Fsp3) is 0.480. The molecule has 0 spiro atoms. The average Bonchev–Trinajstić information content (AvgIpc) is 3.15. The standard InChI is InChI=1S/C25H30ClN3O3/c1-25(2,3)19-13-16(9-12-23(30)32-18-7-5-4-6-8-18)14-22(24(19)31)29-27-20-11-10-17(26)15-21(20)28-29/h10-11,13-15,18,31H,4-9,12H2,1-3H3. The maximum Gasteiger partial charge on any atom is 0.306 e. The summed E-state index contributed by atoms with van der Waals surface area (Å²) in [4.78, 5) is 13.9. The molecule has 1 heterocycles. The number of hydrogen-bond donors (Lipinski definition) is 1. The molecule has 1 N–H and O–H groups in total. The van der Waals surface area contributed by atoms with Crippen LogP contribution in [0.1, 0.15) is 70.4 Å². The second-order valence-corrected chi connectivity index (χ2v) is 10.1. The van der Waals surface area contributed by atoms with E-state index < -0.39 is 0 Å². The second-order valence-electron chi connectivity index (χ2n) is 9.63. The zero-order valence-corrected chi connectivity index (χ0v) is 19.7. The Morgan fingerprint density at radius 2 is 1.84 bits per heavy atom. The smallest absolute Gasteiger partial charge is 0.306 e. The van der Waals surface area contributed by atoms with Gasteiger partial charge >= 0.3 is 5.97 Å². The molecule has 0 bridgehead atoms. The molecule has 4 rings (SSSR count). The van der Waals surface area contributed by atoms with Crippen LogP contribution in [-0.4, -0.2) is 32.2 Å². The molecule has 32 heavy (non-hydrogen) atoms. The molecule has 2 aromatic carbocycles. The van der Waals surface area contributed by atoms with Crippen LogP contribution in [0.2, 0.25) is 5.02 Å². The van der Waals surface area contributed by atoms with Crippen LogP contribution < -0.4 is 0 Å². The summed E-state index contributed by atoms with van der Waals surface area (Å²) in [7, 11) is 0. The fourth-order valence-corrected chi connectivity index (χ4v) is 4.38. The van der Waals surface area contributed by atoms with Crippen molar-refractivity contribution in [3.05, 3.63) is 46.5 Å². The number of carbonyl (C=O) groups excluding carboxylic acids is 1. The van der Waals surface area contributed by atoms with Gasteiger partial charge in [-0.05, 0) is 67.3 Å². The van der Waals surface area contributed by atoms with Gasteiger partial charge in [-0.3, -0.25) is 4.79 Å². The quantitative estimate of drug-likeness (QED) is 0.485. The molecule has 1 saturated carbocycles. The van der Waals surface area contributed by atoms with Gasteiger partial charge in [0.2, 0.25) is 0 Å². The summed E-state index contributed by atoms with van der Waals surface area (Å²) in [6, 6.07) is 9.12. The third kappa shape index (κ3) is 5.07. The Morgan fingerprint density at radius 1 is 1.12 bits per heavy atom. The monoisotopic (exact) mass is 455 g/mol. The zero-order chi connectivity index (χ0) is 22.9. The van der Waals surface area contributed by atoms with Gasteiger partial charge in [0.1, 0.15) is 28.6 Å². The summed E-state index contributed by atoms with van der Waals surface area (Å²) < 4.78 is 5.67. The van der Waals surface area contributed by atoms with Crippen LogP contribution in [0.15, 0.2) is 30.3 Å². The lowest BCUT2D eigenvalue weighted by molar-refractivity contribution is -0.150. The van der Waals surface area contributed by atoms with E-state index in [1.807, 2.05) is 32.9 Å². The summed E-state index contributed by atoms with van der Waals surface area (Å²) in [5.74, 6) is -0.0288. The molecule has 0 radical (unpaired) electrons. The van der Waals surface area contributed by atoms with E-state index in [2.05, 4.69) is 10.2 Å². The van der Waals surface area contributed by atoms with Crippen LogP contribution in [0.4, 0.5) is 0 Å². The van der Waals surface area contributed by atoms with Gasteiger partial charge in [-0.15, -0.1) is 15.0 Å². The van der Waals surface area contributed by atoms with Crippen molar-refractivity contribution in [3.8, 4) is 11.4 Å². The Balaban J connectivity index is 1.61. The molecule has 0 atom stereocenters. The van der Waals surface area contributed by atoms with Crippen molar-refractivity contribution in [2.75, 3.05) is 0 Å². The predicted molar refractivity (Wildman–Crippen MR) is 126 cm³/mol. The SMILES string of the molecule is CC(C)(C)c1cc(CCC(=O)OC2CCCCC2)cc(-n2nc3ccc(Cl)cc3n2)c1O. The van der Waals surface area contributed by atoms with E-state index >= 15 is 0 Å². The molecule has 0 aliphatic heterocycles. The van der Waals surface area contributed by atoms with Crippen molar-refractivity contribution in [2.45, 2.75) is 77.2 Å². The Morgan fingerprint density at radius 3 is 2.56 bits per heavy atom. The van der Waals surface area contributed by atoms with Crippen molar-refractivity contribution < 1.29 is 14.6 Å². The van der Waals surface area contributed by atoms with Gasteiger partial charge in [-0.25, -0.2) is 0 Å². The number of phenolic OH excluding ortho intramolecular Hbond substituents is 1. The van der Waals surface area contributed by atoms with Gasteiger partial charge in [0, 0.05) is 17.0 Å². The number of hydrogen-bond acceptors (Lipinski definition) is 5. The van der Waals surface area contributed by atoms with E-state index in [4.69, 9.17) is 16.3 Å². The average molecular weight is 456 g/mol. The first-order valence-corrected chi connectivity index (χ1v) is 11.7. The minimum Gasteiger partial charge on any atom is -0.505 e. The van der Waals surface area contributed by atoms with Crippen molar-refractivity contribution in [1.29, 1.82) is 0 Å². The van der Waals surface area contributed by atoms with E-state index in [0.29, 0.717) is 34.6 Å². The van der Waals surface area contributed by atoms with Crippen LogP contribution in [0.25, 0.3) is 16.7 Å². The van der Waals surface area contributed by atoms with Gasteiger partial charge in [0.25, 0.3) is 0 Å². The molecular weight excluding hydrogens is 426 g/mol. The number of phenols is 1. The molecule has 3 aromatic rings. The number of aromatic hydroxyl groups is 1. The van der Waals surface area contributed by atoms with Crippen molar-refractivity contribution >= 4 is 28.6 Å². The van der Waals surface area contributed by atoms with Gasteiger partial charge in [-0.1, -0.05) is 44.9 Å². The largest absolute Gasteiger partial charge is 0.505 e. The van der Waals surface area contributed by atoms with Crippen LogP contribution in [0.3, 0.4) is 0 Å². The Bertz CT molecular complexity index is 1130. The third-order valence-corrected chi connectivity index (χ3v) is 6.22. The number of halogens is 1. The summed E-state index contributed by atoms with van der Waals surface area (Å²) >= 11 is 6.09. The summed E-state index contributed by atoms with van der Waals surface area (Å²) in [5, 5.41) is 20.7. The van der Waals surface area contributed by atoms with Crippen LogP contribution >= 0.6 is 11.6 Å². The minimum atomic E-state index is -0.298. The Hall–Kier alpha value is -2.60. The van der Waals surface area contributed by atoms with E-state index in [-0.39, 0.29) is 23.2 Å². The maximum absolute atomic E-state index is 12.4. The normalized spacial score (nSPS) is 15.2.